The number of nitrogens with zero attached hydrogens (tertiary/aromatic N) is 2. The quantitative estimate of drug-likeness (QED) is 0.570. The first-order chi connectivity index (χ1) is 17.1. The van der Waals surface area contributed by atoms with Crippen LogP contribution in [0.5, 0.6) is 0 Å². The van der Waals surface area contributed by atoms with E-state index in [0.717, 1.165) is 4.90 Å². The second kappa shape index (κ2) is 11.3. The van der Waals surface area contributed by atoms with Gasteiger partial charge in [-0.2, -0.15) is 0 Å². The van der Waals surface area contributed by atoms with Crippen molar-refractivity contribution in [1.29, 1.82) is 0 Å². The molecule has 0 aromatic heterocycles. The Hall–Kier alpha value is -2.66. The molecule has 0 saturated carbocycles. The summed E-state index contributed by atoms with van der Waals surface area (Å²) in [6.07, 6.45) is -0.339. The highest BCUT2D eigenvalue weighted by atomic mass is 35.5. The zero-order valence-electron chi connectivity index (χ0n) is 22.7. The maximum absolute atomic E-state index is 14.4. The van der Waals surface area contributed by atoms with Gasteiger partial charge in [0.1, 0.15) is 0 Å². The predicted octanol–water partition coefficient (Wildman–Crippen LogP) is 4.51. The summed E-state index contributed by atoms with van der Waals surface area (Å²) in [5.41, 5.74) is 1.60. The fourth-order valence-corrected chi connectivity index (χ4v) is 3.98. The molecule has 0 bridgehead atoms. The molecule has 0 unspecified atom stereocenters. The lowest BCUT2D eigenvalue weighted by molar-refractivity contribution is -0.133. The monoisotopic (exact) mass is 455 g/mol. The van der Waals surface area contributed by atoms with Crippen molar-refractivity contribution in [3.8, 4) is 0 Å². The minimum Gasteiger partial charge on any atom is -0.392 e. The molecule has 4 rings (SSSR count). The standard InChI is InChI=1S/C27H30N2O2.ClH/c1-28(25(21-11-5-2-6-12-21)20-29-18-17-24(30)19-29)27(31)26(22-13-7-3-8-14-22)23-15-9-4-10-16-23;/h2-16,24-26,30H,17-20H2,1H3;1H/t24-,25+;/m0./s1/i1D3,20D2;. The lowest BCUT2D eigenvalue weighted by Gasteiger charge is -2.34. The maximum atomic E-state index is 14.4. The van der Waals surface area contributed by atoms with E-state index in [1.54, 1.807) is 78.9 Å². The Morgan fingerprint density at radius 3 is 1.94 bits per heavy atom. The van der Waals surface area contributed by atoms with E-state index in [2.05, 4.69) is 0 Å². The molecule has 0 aliphatic carbocycles. The molecule has 2 atom stereocenters. The minimum atomic E-state index is -2.94. The largest absolute Gasteiger partial charge is 0.392 e. The summed E-state index contributed by atoms with van der Waals surface area (Å²) < 4.78 is 43.4. The molecule has 1 aliphatic rings. The van der Waals surface area contributed by atoms with Crippen LogP contribution < -0.4 is 0 Å². The van der Waals surface area contributed by atoms with E-state index < -0.39 is 37.4 Å². The molecule has 1 amide bonds. The number of aliphatic hydroxyl groups is 1. The van der Waals surface area contributed by atoms with E-state index in [1.807, 2.05) is 12.1 Å². The second-order valence-corrected chi connectivity index (χ2v) is 7.79. The number of aliphatic hydroxyl groups excluding tert-OH is 1. The normalized spacial score (nSPS) is 20.2. The Bertz CT molecular complexity index is 1110. The van der Waals surface area contributed by atoms with Crippen molar-refractivity contribution in [1.82, 2.24) is 9.80 Å². The number of hydrogen-bond donors (Lipinski definition) is 1. The van der Waals surface area contributed by atoms with E-state index in [9.17, 15) is 9.90 Å². The van der Waals surface area contributed by atoms with Crippen molar-refractivity contribution < 1.29 is 16.8 Å². The van der Waals surface area contributed by atoms with Gasteiger partial charge in [-0.15, -0.1) is 12.4 Å². The average molecular weight is 456 g/mol. The molecule has 1 saturated heterocycles. The Labute approximate surface area is 203 Å². The molecule has 1 heterocycles. The van der Waals surface area contributed by atoms with E-state index in [1.165, 1.54) is 4.90 Å². The van der Waals surface area contributed by atoms with Crippen molar-refractivity contribution in [2.45, 2.75) is 24.5 Å². The number of hydrogen-bond acceptors (Lipinski definition) is 3. The summed E-state index contributed by atoms with van der Waals surface area (Å²) in [6, 6.07) is 24.9. The van der Waals surface area contributed by atoms with Gasteiger partial charge < -0.3 is 10.0 Å². The van der Waals surface area contributed by atoms with Crippen molar-refractivity contribution in [2.75, 3.05) is 26.6 Å². The van der Waals surface area contributed by atoms with Gasteiger partial charge in [0.2, 0.25) is 5.91 Å². The molecule has 3 aromatic rings. The molecule has 1 aliphatic heterocycles. The third kappa shape index (κ3) is 5.57. The fourth-order valence-electron chi connectivity index (χ4n) is 3.98. The van der Waals surface area contributed by atoms with Crippen LogP contribution in [0.2, 0.25) is 0 Å². The van der Waals surface area contributed by atoms with Gasteiger partial charge in [-0.1, -0.05) is 91.0 Å². The Morgan fingerprint density at radius 1 is 1.00 bits per heavy atom. The van der Waals surface area contributed by atoms with Crippen LogP contribution in [0.3, 0.4) is 0 Å². The number of likely N-dealkylation sites (N-methyl/N-ethyl adjacent to an activating group) is 1. The van der Waals surface area contributed by atoms with Crippen LogP contribution in [0.4, 0.5) is 0 Å². The number of carbonyl (C=O) groups excluding carboxylic acids is 1. The van der Waals surface area contributed by atoms with Gasteiger partial charge in [-0.25, -0.2) is 0 Å². The van der Waals surface area contributed by atoms with Crippen LogP contribution in [0, 0.1) is 0 Å². The van der Waals surface area contributed by atoms with Crippen LogP contribution in [-0.2, 0) is 4.79 Å². The highest BCUT2D eigenvalue weighted by molar-refractivity contribution is 5.87. The van der Waals surface area contributed by atoms with Gasteiger partial charge in [-0.3, -0.25) is 9.69 Å². The smallest absolute Gasteiger partial charge is 0.234 e. The Morgan fingerprint density at radius 2 is 1.50 bits per heavy atom. The summed E-state index contributed by atoms with van der Waals surface area (Å²) in [5.74, 6) is -1.66. The van der Waals surface area contributed by atoms with Crippen LogP contribution in [0.15, 0.2) is 91.0 Å². The van der Waals surface area contributed by atoms with Crippen LogP contribution in [0.25, 0.3) is 0 Å². The molecule has 0 spiro atoms. The molecule has 1 fully saturated rings. The Balaban J connectivity index is 0.00000380. The van der Waals surface area contributed by atoms with Gasteiger partial charge in [0.25, 0.3) is 0 Å². The number of carbonyl (C=O) groups is 1. The number of halogens is 1. The van der Waals surface area contributed by atoms with Gasteiger partial charge >= 0.3 is 0 Å². The summed E-state index contributed by atoms with van der Waals surface area (Å²) in [7, 11) is 0. The summed E-state index contributed by atoms with van der Waals surface area (Å²) >= 11 is 0. The molecule has 0 radical (unpaired) electrons. The molecule has 1 N–H and O–H groups in total. The van der Waals surface area contributed by atoms with E-state index in [-0.39, 0.29) is 25.5 Å². The zero-order chi connectivity index (χ0) is 25.9. The first-order valence-electron chi connectivity index (χ1n) is 13.0. The summed E-state index contributed by atoms with van der Waals surface area (Å²) in [4.78, 5) is 16.5. The molecule has 5 heteroatoms. The van der Waals surface area contributed by atoms with Crippen LogP contribution in [-0.4, -0.2) is 53.5 Å². The van der Waals surface area contributed by atoms with Gasteiger partial charge in [0.15, 0.2) is 0 Å². The zero-order valence-corrected chi connectivity index (χ0v) is 18.5. The van der Waals surface area contributed by atoms with Gasteiger partial charge in [0, 0.05) is 33.4 Å². The second-order valence-electron chi connectivity index (χ2n) is 7.79. The number of rotatable bonds is 7. The molecule has 32 heavy (non-hydrogen) atoms. The number of amides is 1. The lowest BCUT2D eigenvalue weighted by Crippen LogP contribution is -2.41. The third-order valence-electron chi connectivity index (χ3n) is 5.59. The van der Waals surface area contributed by atoms with Crippen LogP contribution >= 0.6 is 12.4 Å². The van der Waals surface area contributed by atoms with E-state index >= 15 is 0 Å². The first kappa shape index (κ1) is 17.8. The first-order valence-corrected chi connectivity index (χ1v) is 10.5. The number of benzene rings is 3. The average Bonchev–Trinajstić information content (AvgIpc) is 3.31. The van der Waals surface area contributed by atoms with Crippen molar-refractivity contribution in [2.24, 2.45) is 0 Å². The molecule has 168 valence electrons. The highest BCUT2D eigenvalue weighted by Gasteiger charge is 2.32. The summed E-state index contributed by atoms with van der Waals surface area (Å²) in [5, 5.41) is 10.1. The fraction of sp³-hybridized carbons (Fsp3) is 0.296. The Kier molecular flexibility index (Phi) is 6.29. The van der Waals surface area contributed by atoms with Crippen molar-refractivity contribution in [3.63, 3.8) is 0 Å². The lowest BCUT2D eigenvalue weighted by atomic mass is 9.89. The van der Waals surface area contributed by atoms with E-state index in [4.69, 9.17) is 6.85 Å². The molecule has 3 aromatic carbocycles. The maximum Gasteiger partial charge on any atom is 0.234 e. The topological polar surface area (TPSA) is 43.8 Å². The van der Waals surface area contributed by atoms with Crippen LogP contribution in [0.1, 0.15) is 41.9 Å². The highest BCUT2D eigenvalue weighted by Crippen LogP contribution is 2.31. The molecule has 4 nitrogen and oxygen atoms in total. The van der Waals surface area contributed by atoms with Crippen molar-refractivity contribution in [3.05, 3.63) is 108 Å². The number of likely N-dealkylation sites (tertiary alicyclic amines) is 1. The van der Waals surface area contributed by atoms with E-state index in [0.29, 0.717) is 23.1 Å². The van der Waals surface area contributed by atoms with Gasteiger partial charge in [0.05, 0.1) is 18.1 Å². The molecular weight excluding hydrogens is 420 g/mol. The molecular formula is C27H31ClN2O2. The minimum absolute atomic E-state index is 0. The van der Waals surface area contributed by atoms with Crippen molar-refractivity contribution >= 4 is 18.3 Å². The number of β-amino-alcohol motifs (C(OH)–C–C–N with tert-alkyl or cyclic N) is 1. The van der Waals surface area contributed by atoms with Gasteiger partial charge in [-0.05, 0) is 23.1 Å². The SMILES string of the molecule is Cl.[2H]C([2H])([2H])N(C(=O)C(c1ccccc1)c1ccccc1)[C@@H](c1ccccc1)C([2H])([2H])N1CC[C@H](O)C1. The summed E-state index contributed by atoms with van der Waals surface area (Å²) in [6.45, 7) is -4.90. The predicted molar refractivity (Wildman–Crippen MR) is 131 cm³/mol. The third-order valence-corrected chi connectivity index (χ3v) is 5.59.